The third-order valence-corrected chi connectivity index (χ3v) is 8.05. The Morgan fingerprint density at radius 2 is 1.46 bits per heavy atom. The van der Waals surface area contributed by atoms with Crippen LogP contribution in [0.25, 0.3) is 0 Å². The number of amides is 3. The van der Waals surface area contributed by atoms with Gasteiger partial charge in [0.25, 0.3) is 10.1 Å². The van der Waals surface area contributed by atoms with Gasteiger partial charge in [-0.1, -0.05) is 20.8 Å². The monoisotopic (exact) mass is 607 g/mol. The van der Waals surface area contributed by atoms with Gasteiger partial charge in [0.2, 0.25) is 17.7 Å². The zero-order valence-corrected chi connectivity index (χ0v) is 27.5. The van der Waals surface area contributed by atoms with Crippen LogP contribution in [0.2, 0.25) is 0 Å². The molecule has 0 spiro atoms. The first-order valence-electron chi connectivity index (χ1n) is 14.3. The van der Waals surface area contributed by atoms with E-state index >= 15 is 0 Å². The van der Waals surface area contributed by atoms with E-state index in [4.69, 9.17) is 0 Å². The first-order chi connectivity index (χ1) is 18.4. The maximum Gasteiger partial charge on any atom is 0.306 e. The zero-order valence-electron chi connectivity index (χ0n) is 26.7. The quantitative estimate of drug-likeness (QED) is 0.0841. The van der Waals surface area contributed by atoms with Crippen LogP contribution in [0.3, 0.4) is 0 Å². The van der Waals surface area contributed by atoms with Crippen molar-refractivity contribution in [1.82, 2.24) is 16.0 Å². The Labute approximate surface area is 246 Å². The summed E-state index contributed by atoms with van der Waals surface area (Å²) in [7, 11) is 1.78. The van der Waals surface area contributed by atoms with Gasteiger partial charge < -0.3 is 25.5 Å². The van der Waals surface area contributed by atoms with Crippen LogP contribution < -0.4 is 16.0 Å². The molecule has 0 aliphatic heterocycles. The number of aliphatic carboxylic acids is 1. The van der Waals surface area contributed by atoms with Crippen molar-refractivity contribution in [3.8, 4) is 0 Å². The molecule has 5 N–H and O–H groups in total. The molecular weight excluding hydrogens is 552 g/mol. The maximum absolute atomic E-state index is 13.6. The van der Waals surface area contributed by atoms with Crippen molar-refractivity contribution in [2.45, 2.75) is 92.2 Å². The Morgan fingerprint density at radius 3 is 1.90 bits per heavy atom. The molecule has 0 bridgehead atoms. The van der Waals surface area contributed by atoms with E-state index in [-0.39, 0.29) is 37.1 Å². The highest BCUT2D eigenvalue weighted by atomic mass is 32.2. The summed E-state index contributed by atoms with van der Waals surface area (Å²) >= 11 is 0. The van der Waals surface area contributed by atoms with Crippen LogP contribution in [0.4, 0.5) is 0 Å². The molecule has 0 heterocycles. The lowest BCUT2D eigenvalue weighted by Crippen LogP contribution is -2.50. The molecule has 4 unspecified atom stereocenters. The summed E-state index contributed by atoms with van der Waals surface area (Å²) in [4.78, 5) is 51.7. The molecule has 0 rings (SSSR count). The van der Waals surface area contributed by atoms with Gasteiger partial charge in [-0.05, 0) is 53.4 Å². The van der Waals surface area contributed by atoms with Crippen molar-refractivity contribution in [3.05, 3.63) is 0 Å². The van der Waals surface area contributed by atoms with Crippen molar-refractivity contribution < 1.29 is 41.7 Å². The van der Waals surface area contributed by atoms with Crippen LogP contribution in [0, 0.1) is 23.2 Å². The molecule has 12 nitrogen and oxygen atoms in total. The number of carbonyl (C=O) groups excluding carboxylic acids is 3. The van der Waals surface area contributed by atoms with Crippen molar-refractivity contribution in [2.24, 2.45) is 23.2 Å². The predicted molar refractivity (Wildman–Crippen MR) is 158 cm³/mol. The average Bonchev–Trinajstić information content (AvgIpc) is 2.76. The molecular formula is C28H55N4O8S+. The molecule has 0 saturated heterocycles. The van der Waals surface area contributed by atoms with Gasteiger partial charge in [-0.15, -0.1) is 0 Å². The highest BCUT2D eigenvalue weighted by molar-refractivity contribution is 7.85. The first kappa shape index (κ1) is 38.8. The number of carbonyl (C=O) groups is 4. The van der Waals surface area contributed by atoms with E-state index in [0.717, 1.165) is 17.4 Å². The van der Waals surface area contributed by atoms with Crippen LogP contribution in [-0.2, 0) is 29.3 Å². The van der Waals surface area contributed by atoms with Crippen LogP contribution in [0.5, 0.6) is 0 Å². The Kier molecular flexibility index (Phi) is 15.0. The van der Waals surface area contributed by atoms with Crippen LogP contribution in [-0.4, -0.2) is 97.8 Å². The molecule has 0 radical (unpaired) electrons. The number of hydrogen-bond donors (Lipinski definition) is 5. The molecule has 13 heteroatoms. The normalized spacial score (nSPS) is 16.3. The largest absolute Gasteiger partial charge is 0.481 e. The molecule has 0 aromatic carbocycles. The molecule has 41 heavy (non-hydrogen) atoms. The fourth-order valence-corrected chi connectivity index (χ4v) is 5.89. The second kappa shape index (κ2) is 15.8. The number of nitrogens with zero attached hydrogens (tertiary/aromatic N) is 1. The number of hydrogen-bond acceptors (Lipinski definition) is 6. The highest BCUT2D eigenvalue weighted by Gasteiger charge is 2.42. The second-order valence-corrected chi connectivity index (χ2v) is 15.1. The molecule has 0 aliphatic rings. The summed E-state index contributed by atoms with van der Waals surface area (Å²) in [6.45, 7) is 12.8. The van der Waals surface area contributed by atoms with Gasteiger partial charge in [0.15, 0.2) is 0 Å². The van der Waals surface area contributed by atoms with Crippen molar-refractivity contribution in [1.29, 1.82) is 0 Å². The Morgan fingerprint density at radius 1 is 0.927 bits per heavy atom. The van der Waals surface area contributed by atoms with E-state index in [0.29, 0.717) is 13.0 Å². The van der Waals surface area contributed by atoms with Crippen molar-refractivity contribution >= 4 is 33.8 Å². The standard InChI is InChI=1S/C28H54N4O8S/c1-11-21(24(34)30-19(2)3)16-28(7,26(37)29-13-12-14-32(8,9)10)17-22(25(35)36)15-20(4)23(33)31-27(5,6)18-41(38,39)40/h19-22H,11-18H2,1-10H3,(H4-,29,30,31,33,34,35,36,37,38,39,40)/p+1. The minimum Gasteiger partial charge on any atom is -0.481 e. The third kappa shape index (κ3) is 16.1. The van der Waals surface area contributed by atoms with E-state index in [1.54, 1.807) is 6.92 Å². The molecule has 0 aliphatic carbocycles. The van der Waals surface area contributed by atoms with Crippen LogP contribution >= 0.6 is 0 Å². The summed E-state index contributed by atoms with van der Waals surface area (Å²) in [5.74, 6) is -5.43. The lowest BCUT2D eigenvalue weighted by Gasteiger charge is -2.35. The molecule has 0 aromatic rings. The molecule has 3 amide bonds. The second-order valence-electron chi connectivity index (χ2n) is 13.6. The van der Waals surface area contributed by atoms with Gasteiger partial charge in [-0.25, -0.2) is 0 Å². The van der Waals surface area contributed by atoms with E-state index < -0.39 is 56.5 Å². The Bertz CT molecular complexity index is 1010. The van der Waals surface area contributed by atoms with Gasteiger partial charge in [0.05, 0.1) is 44.9 Å². The Balaban J connectivity index is 5.96. The van der Waals surface area contributed by atoms with Crippen molar-refractivity contribution in [3.63, 3.8) is 0 Å². The number of nitrogens with one attached hydrogen (secondary N) is 3. The van der Waals surface area contributed by atoms with Gasteiger partial charge in [0, 0.05) is 36.3 Å². The fraction of sp³-hybridized carbons (Fsp3) is 0.857. The van der Waals surface area contributed by atoms with Crippen molar-refractivity contribution in [2.75, 3.05) is 40.0 Å². The SMILES string of the molecule is CCC(CC(C)(CC(CC(C)C(=O)NC(C)(C)CS(=O)(=O)O)C(=O)O)C(=O)NCCC[N+](C)(C)C)C(=O)NC(C)C. The van der Waals surface area contributed by atoms with Gasteiger partial charge in [0.1, 0.15) is 0 Å². The predicted octanol–water partition coefficient (Wildman–Crippen LogP) is 2.05. The van der Waals surface area contributed by atoms with E-state index in [9.17, 15) is 37.3 Å². The summed E-state index contributed by atoms with van der Waals surface area (Å²) in [5.41, 5.74) is -2.50. The van der Waals surface area contributed by atoms with E-state index in [1.807, 2.05) is 41.9 Å². The molecule has 0 saturated carbocycles. The van der Waals surface area contributed by atoms with E-state index in [1.165, 1.54) is 20.8 Å². The van der Waals surface area contributed by atoms with Crippen LogP contribution in [0.1, 0.15) is 80.6 Å². The molecule has 240 valence electrons. The first-order valence-corrected chi connectivity index (χ1v) is 15.9. The summed E-state index contributed by atoms with van der Waals surface area (Å²) in [6.07, 6.45) is 1.11. The smallest absolute Gasteiger partial charge is 0.306 e. The lowest BCUT2D eigenvalue weighted by molar-refractivity contribution is -0.870. The summed E-state index contributed by atoms with van der Waals surface area (Å²) in [6, 6.07) is -0.0941. The van der Waals surface area contributed by atoms with Gasteiger partial charge >= 0.3 is 5.97 Å². The number of quaternary nitrogens is 1. The molecule has 4 atom stereocenters. The Hall–Kier alpha value is -2.25. The van der Waals surface area contributed by atoms with E-state index in [2.05, 4.69) is 16.0 Å². The number of carboxylic acids is 1. The maximum atomic E-state index is 13.6. The topological polar surface area (TPSA) is 179 Å². The van der Waals surface area contributed by atoms with Gasteiger partial charge in [-0.3, -0.25) is 23.7 Å². The van der Waals surface area contributed by atoms with Crippen LogP contribution in [0.15, 0.2) is 0 Å². The fourth-order valence-electron chi connectivity index (χ4n) is 4.90. The number of rotatable bonds is 19. The summed E-state index contributed by atoms with van der Waals surface area (Å²) < 4.78 is 32.5. The lowest BCUT2D eigenvalue weighted by atomic mass is 9.71. The molecule has 0 aromatic heterocycles. The minimum atomic E-state index is -4.36. The zero-order chi connectivity index (χ0) is 32.4. The highest BCUT2D eigenvalue weighted by Crippen LogP contribution is 2.37. The van der Waals surface area contributed by atoms with Gasteiger partial charge in [-0.2, -0.15) is 8.42 Å². The minimum absolute atomic E-state index is 0.0941. The molecule has 0 fully saturated rings. The third-order valence-electron chi connectivity index (χ3n) is 6.97. The number of carboxylic acid groups (broad SMARTS) is 1. The summed E-state index contributed by atoms with van der Waals surface area (Å²) in [5, 5.41) is 18.5. The average molecular weight is 608 g/mol.